The lowest BCUT2D eigenvalue weighted by Crippen LogP contribution is -2.59. The molecule has 1 aliphatic heterocycles. The summed E-state index contributed by atoms with van der Waals surface area (Å²) in [7, 11) is 0. The molecule has 0 radical (unpaired) electrons. The van der Waals surface area contributed by atoms with Crippen molar-refractivity contribution in [1.29, 1.82) is 0 Å². The first-order chi connectivity index (χ1) is 16.1. The van der Waals surface area contributed by atoms with Crippen molar-refractivity contribution < 1.29 is 9.53 Å². The lowest BCUT2D eigenvalue weighted by Gasteiger charge is -2.45. The van der Waals surface area contributed by atoms with Gasteiger partial charge in [-0.3, -0.25) is 0 Å². The fourth-order valence-electron chi connectivity index (χ4n) is 5.01. The first-order valence-electron chi connectivity index (χ1n) is 12.0. The maximum absolute atomic E-state index is 12.7. The Bertz CT molecular complexity index is 1220. The minimum atomic E-state index is -0.512. The number of halogens is 1. The first-order valence-corrected chi connectivity index (χ1v) is 12.4. The summed E-state index contributed by atoms with van der Waals surface area (Å²) in [6.45, 7) is 11.1. The van der Waals surface area contributed by atoms with Gasteiger partial charge in [0.25, 0.3) is 0 Å². The van der Waals surface area contributed by atoms with E-state index in [1.807, 2.05) is 43.9 Å². The molecule has 2 fully saturated rings. The van der Waals surface area contributed by atoms with Crippen molar-refractivity contribution in [3.05, 3.63) is 47.4 Å². The monoisotopic (exact) mass is 481 g/mol. The second-order valence-corrected chi connectivity index (χ2v) is 11.0. The number of hydrogen-bond donors (Lipinski definition) is 0. The number of benzene rings is 1. The summed E-state index contributed by atoms with van der Waals surface area (Å²) >= 11 is 6.30. The van der Waals surface area contributed by atoms with Crippen LogP contribution in [0.2, 0.25) is 5.02 Å². The van der Waals surface area contributed by atoms with Gasteiger partial charge in [-0.1, -0.05) is 17.7 Å². The van der Waals surface area contributed by atoms with Crippen LogP contribution >= 0.6 is 11.6 Å². The Kier molecular flexibility index (Phi) is 5.71. The SMILES string of the molecule is CC1CN(C(=O)OC(C)(C)C)C[C@H](C)N1c1ncnc2c1c(C1CC1)cn2-c1cccc(Cl)c1. The van der Waals surface area contributed by atoms with E-state index in [0.29, 0.717) is 24.0 Å². The van der Waals surface area contributed by atoms with Crippen molar-refractivity contribution in [2.75, 3.05) is 18.0 Å². The number of amides is 1. The number of hydrogen-bond acceptors (Lipinski definition) is 5. The van der Waals surface area contributed by atoms with Gasteiger partial charge in [-0.15, -0.1) is 0 Å². The number of aromatic nitrogens is 3. The van der Waals surface area contributed by atoms with E-state index in [0.717, 1.165) is 22.5 Å². The van der Waals surface area contributed by atoms with Gasteiger partial charge in [0.1, 0.15) is 23.4 Å². The van der Waals surface area contributed by atoms with Gasteiger partial charge in [-0.05, 0) is 77.1 Å². The lowest BCUT2D eigenvalue weighted by molar-refractivity contribution is 0.0192. The van der Waals surface area contributed by atoms with Gasteiger partial charge in [-0.25, -0.2) is 14.8 Å². The van der Waals surface area contributed by atoms with Gasteiger partial charge in [0.2, 0.25) is 0 Å². The Morgan fingerprint density at radius 3 is 2.44 bits per heavy atom. The Morgan fingerprint density at radius 1 is 1.12 bits per heavy atom. The van der Waals surface area contributed by atoms with Crippen LogP contribution < -0.4 is 4.90 Å². The van der Waals surface area contributed by atoms with E-state index in [1.165, 1.54) is 18.4 Å². The van der Waals surface area contributed by atoms with Crippen molar-refractivity contribution in [3.8, 4) is 5.69 Å². The standard InChI is InChI=1S/C26H32ClN5O2/c1-16-12-30(25(33)34-26(3,4)5)13-17(2)32(16)24-22-21(18-9-10-18)14-31(23(22)28-15-29-24)20-8-6-7-19(27)11-20/h6-8,11,14-18H,9-10,12-13H2,1-5H3/t16-,17?/m0/s1. The molecule has 3 aromatic rings. The topological polar surface area (TPSA) is 63.5 Å². The molecular formula is C26H32ClN5O2. The van der Waals surface area contributed by atoms with Gasteiger partial charge in [-0.2, -0.15) is 0 Å². The third kappa shape index (κ3) is 4.33. The van der Waals surface area contributed by atoms with Crippen molar-refractivity contribution >= 4 is 34.5 Å². The Balaban J connectivity index is 1.54. The largest absolute Gasteiger partial charge is 0.444 e. The fraction of sp³-hybridized carbons (Fsp3) is 0.500. The molecule has 3 heterocycles. The first kappa shape index (κ1) is 23.0. The number of anilines is 1. The molecule has 0 spiro atoms. The fourth-order valence-corrected chi connectivity index (χ4v) is 5.20. The van der Waals surface area contributed by atoms with Crippen molar-refractivity contribution in [3.63, 3.8) is 0 Å². The zero-order valence-corrected chi connectivity index (χ0v) is 21.2. The molecule has 2 atom stereocenters. The summed E-state index contributed by atoms with van der Waals surface area (Å²) < 4.78 is 7.77. The van der Waals surface area contributed by atoms with Gasteiger partial charge < -0.3 is 19.1 Å². The molecule has 34 heavy (non-hydrogen) atoms. The summed E-state index contributed by atoms with van der Waals surface area (Å²) in [5.74, 6) is 1.47. The van der Waals surface area contributed by atoms with Crippen molar-refractivity contribution in [1.82, 2.24) is 19.4 Å². The molecule has 1 aromatic carbocycles. The van der Waals surface area contributed by atoms with E-state index >= 15 is 0 Å². The number of ether oxygens (including phenoxy) is 1. The zero-order valence-electron chi connectivity index (χ0n) is 20.5. The van der Waals surface area contributed by atoms with Crippen LogP contribution in [0, 0.1) is 0 Å². The molecular weight excluding hydrogens is 450 g/mol. The third-order valence-electron chi connectivity index (χ3n) is 6.51. The number of fused-ring (bicyclic) bond motifs is 1. The van der Waals surface area contributed by atoms with E-state index in [-0.39, 0.29) is 18.2 Å². The van der Waals surface area contributed by atoms with E-state index in [4.69, 9.17) is 26.3 Å². The van der Waals surface area contributed by atoms with Gasteiger partial charge in [0.15, 0.2) is 0 Å². The smallest absolute Gasteiger partial charge is 0.410 e. The van der Waals surface area contributed by atoms with Gasteiger partial charge in [0, 0.05) is 42.1 Å². The molecule has 5 rings (SSSR count). The number of rotatable bonds is 3. The molecule has 2 aromatic heterocycles. The summed E-state index contributed by atoms with van der Waals surface area (Å²) in [6.07, 6.45) is 5.96. The maximum atomic E-state index is 12.7. The normalized spacial score (nSPS) is 21.2. The van der Waals surface area contributed by atoms with Gasteiger partial charge >= 0.3 is 6.09 Å². The minimum absolute atomic E-state index is 0.0796. The predicted octanol–water partition coefficient (Wildman–Crippen LogP) is 5.79. The Labute approximate surface area is 205 Å². The summed E-state index contributed by atoms with van der Waals surface area (Å²) in [5, 5.41) is 1.80. The molecule has 1 unspecified atom stereocenters. The van der Waals surface area contributed by atoms with Crippen LogP contribution in [0.4, 0.5) is 10.6 Å². The third-order valence-corrected chi connectivity index (χ3v) is 6.75. The molecule has 0 bridgehead atoms. The number of nitrogens with zero attached hydrogens (tertiary/aromatic N) is 5. The number of piperazine rings is 1. The quantitative estimate of drug-likeness (QED) is 0.474. The van der Waals surface area contributed by atoms with Crippen LogP contribution in [0.15, 0.2) is 36.8 Å². The van der Waals surface area contributed by atoms with Crippen LogP contribution in [0.25, 0.3) is 16.7 Å². The van der Waals surface area contributed by atoms with Crippen molar-refractivity contribution in [2.24, 2.45) is 0 Å². The van der Waals surface area contributed by atoms with E-state index < -0.39 is 5.60 Å². The van der Waals surface area contributed by atoms with Crippen LogP contribution in [0.1, 0.15) is 58.9 Å². The molecule has 1 saturated heterocycles. The molecule has 8 heteroatoms. The second-order valence-electron chi connectivity index (χ2n) is 10.6. The van der Waals surface area contributed by atoms with Crippen LogP contribution in [-0.4, -0.2) is 56.3 Å². The second kappa shape index (κ2) is 8.45. The highest BCUT2D eigenvalue weighted by atomic mass is 35.5. The molecule has 1 amide bonds. The lowest BCUT2D eigenvalue weighted by atomic mass is 10.1. The molecule has 0 N–H and O–H groups in total. The van der Waals surface area contributed by atoms with E-state index in [1.54, 1.807) is 6.33 Å². The van der Waals surface area contributed by atoms with Crippen molar-refractivity contribution in [2.45, 2.75) is 71.1 Å². The average molecular weight is 482 g/mol. The maximum Gasteiger partial charge on any atom is 0.410 e. The number of carbonyl (C=O) groups is 1. The number of carbonyl (C=O) groups excluding carboxylic acids is 1. The Morgan fingerprint density at radius 2 is 1.82 bits per heavy atom. The van der Waals surface area contributed by atoms with Crippen LogP contribution in [-0.2, 0) is 4.74 Å². The highest BCUT2D eigenvalue weighted by Gasteiger charge is 2.37. The summed E-state index contributed by atoms with van der Waals surface area (Å²) in [6, 6.07) is 8.01. The highest BCUT2D eigenvalue weighted by Crippen LogP contribution is 2.46. The molecule has 1 aliphatic carbocycles. The molecule has 7 nitrogen and oxygen atoms in total. The summed E-state index contributed by atoms with van der Waals surface area (Å²) in [4.78, 5) is 26.4. The van der Waals surface area contributed by atoms with Gasteiger partial charge in [0.05, 0.1) is 5.39 Å². The van der Waals surface area contributed by atoms with Crippen LogP contribution in [0.5, 0.6) is 0 Å². The zero-order chi connectivity index (χ0) is 24.2. The molecule has 2 aliphatic rings. The molecule has 1 saturated carbocycles. The minimum Gasteiger partial charge on any atom is -0.444 e. The summed E-state index contributed by atoms with van der Waals surface area (Å²) in [5.41, 5.74) is 2.66. The Hall–Kier alpha value is -2.80. The average Bonchev–Trinajstić information content (AvgIpc) is 3.52. The predicted molar refractivity (Wildman–Crippen MR) is 135 cm³/mol. The van der Waals surface area contributed by atoms with E-state index in [9.17, 15) is 4.79 Å². The highest BCUT2D eigenvalue weighted by molar-refractivity contribution is 6.30. The van der Waals surface area contributed by atoms with Crippen LogP contribution in [0.3, 0.4) is 0 Å². The van der Waals surface area contributed by atoms with E-state index in [2.05, 4.69) is 35.6 Å². The molecule has 180 valence electrons.